The van der Waals surface area contributed by atoms with E-state index in [2.05, 4.69) is 5.16 Å². The molecule has 3 heterocycles. The molecule has 0 aliphatic carbocycles. The number of nitrogens with zero attached hydrogens (tertiary/aromatic N) is 3. The van der Waals surface area contributed by atoms with Crippen LogP contribution in [-0.4, -0.2) is 61.6 Å². The van der Waals surface area contributed by atoms with Gasteiger partial charge in [-0.15, -0.1) is 0 Å². The lowest BCUT2D eigenvalue weighted by molar-refractivity contribution is -0.0555. The third kappa shape index (κ3) is 3.13. The van der Waals surface area contributed by atoms with E-state index in [1.54, 1.807) is 18.2 Å². The lowest BCUT2D eigenvalue weighted by Crippen LogP contribution is -2.43. The summed E-state index contributed by atoms with van der Waals surface area (Å²) in [6.07, 6.45) is -3.95. The Morgan fingerprint density at radius 1 is 1.21 bits per heavy atom. The van der Waals surface area contributed by atoms with Gasteiger partial charge < -0.3 is 29.3 Å². The molecule has 11 nitrogen and oxygen atoms in total. The first-order valence-electron chi connectivity index (χ1n) is 8.82. The number of aromatic nitrogens is 3. The molecule has 1 aliphatic heterocycles. The number of fused-ring (bicyclic) bond motifs is 1. The zero-order chi connectivity index (χ0) is 20.7. The van der Waals surface area contributed by atoms with E-state index in [0.29, 0.717) is 22.4 Å². The summed E-state index contributed by atoms with van der Waals surface area (Å²) in [7, 11) is 1.48. The van der Waals surface area contributed by atoms with Crippen LogP contribution in [0.15, 0.2) is 44.6 Å². The molecule has 1 saturated heterocycles. The third-order valence-electron chi connectivity index (χ3n) is 4.95. The number of hydrogen-bond acceptors (Lipinski definition) is 9. The first kappa shape index (κ1) is 19.3. The van der Waals surface area contributed by atoms with E-state index in [4.69, 9.17) is 14.0 Å². The topological polar surface area (TPSA) is 149 Å². The summed E-state index contributed by atoms with van der Waals surface area (Å²) in [4.78, 5) is 25.2. The Kier molecular flexibility index (Phi) is 4.96. The number of rotatable bonds is 5. The first-order valence-corrected chi connectivity index (χ1v) is 8.82. The van der Waals surface area contributed by atoms with E-state index in [9.17, 15) is 24.9 Å². The van der Waals surface area contributed by atoms with Gasteiger partial charge in [-0.05, 0) is 12.1 Å². The Hall–Kier alpha value is -2.99. The Morgan fingerprint density at radius 2 is 2.00 bits per heavy atom. The molecule has 0 amide bonds. The summed E-state index contributed by atoms with van der Waals surface area (Å²) >= 11 is 0. The smallest absolute Gasteiger partial charge is 0.333 e. The van der Waals surface area contributed by atoms with Gasteiger partial charge in [0.1, 0.15) is 24.0 Å². The molecule has 1 aliphatic rings. The van der Waals surface area contributed by atoms with Gasteiger partial charge in [0.05, 0.1) is 25.6 Å². The molecule has 0 saturated carbocycles. The molecule has 154 valence electrons. The maximum absolute atomic E-state index is 12.9. The minimum Gasteiger partial charge on any atom is -0.493 e. The second-order valence-electron chi connectivity index (χ2n) is 6.63. The SMILES string of the molecule is COc1cccc2c(Cn3c(=O)ccn([C@@H]4O[C@H](CO)[C@@H](O)[C@H]4O)c3=O)noc12. The van der Waals surface area contributed by atoms with Gasteiger partial charge in [-0.25, -0.2) is 4.79 Å². The molecular formula is C18H19N3O8. The molecule has 0 radical (unpaired) electrons. The minimum absolute atomic E-state index is 0.187. The van der Waals surface area contributed by atoms with Gasteiger partial charge in [0.25, 0.3) is 5.56 Å². The highest BCUT2D eigenvalue weighted by molar-refractivity contribution is 5.84. The summed E-state index contributed by atoms with van der Waals surface area (Å²) in [5.41, 5.74) is -0.627. The third-order valence-corrected chi connectivity index (χ3v) is 4.95. The number of benzene rings is 1. The van der Waals surface area contributed by atoms with Gasteiger partial charge >= 0.3 is 5.69 Å². The molecular weight excluding hydrogens is 386 g/mol. The molecule has 0 spiro atoms. The summed E-state index contributed by atoms with van der Waals surface area (Å²) in [6.45, 7) is -0.719. The summed E-state index contributed by atoms with van der Waals surface area (Å²) in [5.74, 6) is 0.464. The monoisotopic (exact) mass is 405 g/mol. The average molecular weight is 405 g/mol. The number of hydrogen-bond donors (Lipinski definition) is 3. The maximum Gasteiger partial charge on any atom is 0.333 e. The van der Waals surface area contributed by atoms with Crippen molar-refractivity contribution in [2.45, 2.75) is 31.1 Å². The lowest BCUT2D eigenvalue weighted by Gasteiger charge is -2.18. The van der Waals surface area contributed by atoms with Crippen LogP contribution in [0.3, 0.4) is 0 Å². The fourth-order valence-corrected chi connectivity index (χ4v) is 3.39. The molecule has 3 aromatic rings. The number of ether oxygens (including phenoxy) is 2. The minimum atomic E-state index is -1.45. The van der Waals surface area contributed by atoms with Crippen LogP contribution in [0.1, 0.15) is 11.9 Å². The highest BCUT2D eigenvalue weighted by Crippen LogP contribution is 2.29. The van der Waals surface area contributed by atoms with E-state index in [-0.39, 0.29) is 6.54 Å². The van der Waals surface area contributed by atoms with E-state index in [1.165, 1.54) is 13.3 Å². The fourth-order valence-electron chi connectivity index (χ4n) is 3.39. The van der Waals surface area contributed by atoms with Crippen molar-refractivity contribution in [3.63, 3.8) is 0 Å². The normalized spacial score (nSPS) is 24.3. The van der Waals surface area contributed by atoms with E-state index in [0.717, 1.165) is 15.2 Å². The Morgan fingerprint density at radius 3 is 2.69 bits per heavy atom. The van der Waals surface area contributed by atoms with Crippen molar-refractivity contribution in [2.75, 3.05) is 13.7 Å². The standard InChI is InChI=1S/C18H19N3O8/c1-27-11-4-2-3-9-10(19-29-16(9)11)7-21-13(23)5-6-20(18(21)26)17-15(25)14(24)12(8-22)28-17/h2-6,12,14-15,17,22,24-25H,7-8H2,1H3/t12-,14-,15-,17-/m1/s1. The predicted octanol–water partition coefficient (Wildman–Crippen LogP) is -1.18. The van der Waals surface area contributed by atoms with Gasteiger partial charge in [0.15, 0.2) is 12.0 Å². The summed E-state index contributed by atoms with van der Waals surface area (Å²) in [6, 6.07) is 6.29. The van der Waals surface area contributed by atoms with E-state index >= 15 is 0 Å². The van der Waals surface area contributed by atoms with Crippen molar-refractivity contribution in [3.05, 3.63) is 57.0 Å². The molecule has 4 rings (SSSR count). The van der Waals surface area contributed by atoms with Crippen LogP contribution < -0.4 is 16.0 Å². The number of para-hydroxylation sites is 1. The van der Waals surface area contributed by atoms with Crippen molar-refractivity contribution < 1.29 is 29.3 Å². The molecule has 11 heteroatoms. The van der Waals surface area contributed by atoms with Crippen molar-refractivity contribution in [1.29, 1.82) is 0 Å². The lowest BCUT2D eigenvalue weighted by atomic mass is 10.1. The summed E-state index contributed by atoms with van der Waals surface area (Å²) < 4.78 is 17.8. The van der Waals surface area contributed by atoms with Crippen LogP contribution in [0.4, 0.5) is 0 Å². The predicted molar refractivity (Wildman–Crippen MR) is 97.6 cm³/mol. The van der Waals surface area contributed by atoms with E-state index < -0.39 is 42.4 Å². The van der Waals surface area contributed by atoms with Crippen molar-refractivity contribution >= 4 is 11.0 Å². The number of aliphatic hydroxyl groups excluding tert-OH is 3. The first-order chi connectivity index (χ1) is 14.0. The van der Waals surface area contributed by atoms with Crippen molar-refractivity contribution in [3.8, 4) is 5.75 Å². The highest BCUT2D eigenvalue weighted by Gasteiger charge is 2.43. The van der Waals surface area contributed by atoms with Crippen molar-refractivity contribution in [2.24, 2.45) is 0 Å². The van der Waals surface area contributed by atoms with Crippen LogP contribution in [0.5, 0.6) is 5.75 Å². The van der Waals surface area contributed by atoms with Gasteiger partial charge in [-0.2, -0.15) is 0 Å². The Labute approximate surface area is 162 Å². The maximum atomic E-state index is 12.9. The Balaban J connectivity index is 1.74. The molecule has 4 atom stereocenters. The zero-order valence-electron chi connectivity index (χ0n) is 15.3. The molecule has 2 aromatic heterocycles. The highest BCUT2D eigenvalue weighted by atomic mass is 16.6. The fraction of sp³-hybridized carbons (Fsp3) is 0.389. The molecule has 0 unspecified atom stereocenters. The number of methoxy groups -OCH3 is 1. The van der Waals surface area contributed by atoms with E-state index in [1.807, 2.05) is 0 Å². The Bertz CT molecular complexity index is 1150. The van der Waals surface area contributed by atoms with Crippen LogP contribution in [0, 0.1) is 0 Å². The van der Waals surface area contributed by atoms with Gasteiger partial charge in [-0.1, -0.05) is 11.2 Å². The summed E-state index contributed by atoms with van der Waals surface area (Å²) in [5, 5.41) is 33.9. The van der Waals surface area contributed by atoms with Crippen LogP contribution >= 0.6 is 0 Å². The molecule has 1 aromatic carbocycles. The van der Waals surface area contributed by atoms with Gasteiger partial charge in [-0.3, -0.25) is 13.9 Å². The second-order valence-corrected chi connectivity index (χ2v) is 6.63. The molecule has 3 N–H and O–H groups in total. The zero-order valence-corrected chi connectivity index (χ0v) is 15.3. The quantitative estimate of drug-likeness (QED) is 0.477. The van der Waals surface area contributed by atoms with Crippen LogP contribution in [0.25, 0.3) is 11.0 Å². The average Bonchev–Trinajstić information content (AvgIpc) is 3.26. The van der Waals surface area contributed by atoms with Crippen molar-refractivity contribution in [1.82, 2.24) is 14.3 Å². The van der Waals surface area contributed by atoms with Gasteiger partial charge in [0, 0.05) is 12.3 Å². The molecule has 1 fully saturated rings. The largest absolute Gasteiger partial charge is 0.493 e. The van der Waals surface area contributed by atoms with Gasteiger partial charge in [0.2, 0.25) is 5.58 Å². The second kappa shape index (κ2) is 7.44. The number of aliphatic hydroxyl groups is 3. The molecule has 29 heavy (non-hydrogen) atoms. The molecule has 0 bridgehead atoms. The van der Waals surface area contributed by atoms with Crippen LogP contribution in [-0.2, 0) is 11.3 Å². The van der Waals surface area contributed by atoms with Crippen LogP contribution in [0.2, 0.25) is 0 Å².